The number of anilines is 3. The summed E-state index contributed by atoms with van der Waals surface area (Å²) in [5, 5.41) is 0. The van der Waals surface area contributed by atoms with Crippen LogP contribution in [0.15, 0.2) is 152 Å². The molecule has 0 amide bonds. The van der Waals surface area contributed by atoms with Gasteiger partial charge >= 0.3 is 0 Å². The van der Waals surface area contributed by atoms with E-state index >= 15 is 0 Å². The van der Waals surface area contributed by atoms with Gasteiger partial charge in [0.25, 0.3) is 0 Å². The van der Waals surface area contributed by atoms with Gasteiger partial charge in [0.2, 0.25) is 0 Å². The standard InChI is InChI=1S/C43H39N/c1-32-20-26-37(27-21-32)44(38-28-22-35(23-29-38)42-18-10-8-16-40(42)33-12-4-2-5-13-33)39-30-24-36(25-31-39)43-19-11-9-17-41(43)34-14-6-3-7-15-34/h2,4-5,8-13,16-31,34H,3,6-7,14-15H2,1H3. The SMILES string of the molecule is Cc1ccc(N(c2ccc(-c3ccccc3-c3ccccc3)cc2)c2ccc(-c3ccccc3C3CCCCC3)cc2)cc1. The molecule has 0 spiro atoms. The van der Waals surface area contributed by atoms with Gasteiger partial charge in [-0.05, 0) is 101 Å². The third-order valence-corrected chi connectivity index (χ3v) is 9.18. The van der Waals surface area contributed by atoms with Gasteiger partial charge in [0.15, 0.2) is 0 Å². The van der Waals surface area contributed by atoms with Crippen LogP contribution in [0.4, 0.5) is 17.1 Å². The van der Waals surface area contributed by atoms with Crippen molar-refractivity contribution in [1.82, 2.24) is 0 Å². The van der Waals surface area contributed by atoms with E-state index in [1.165, 1.54) is 76.6 Å². The van der Waals surface area contributed by atoms with Crippen molar-refractivity contribution in [3.8, 4) is 33.4 Å². The zero-order valence-electron chi connectivity index (χ0n) is 25.5. The van der Waals surface area contributed by atoms with Crippen LogP contribution in [-0.4, -0.2) is 0 Å². The molecule has 1 saturated carbocycles. The molecule has 1 aliphatic rings. The van der Waals surface area contributed by atoms with Gasteiger partial charge in [-0.15, -0.1) is 0 Å². The maximum Gasteiger partial charge on any atom is 0.0462 e. The molecule has 0 atom stereocenters. The molecule has 0 unspecified atom stereocenters. The average Bonchev–Trinajstić information content (AvgIpc) is 3.11. The minimum atomic E-state index is 0.675. The minimum Gasteiger partial charge on any atom is -0.311 e. The van der Waals surface area contributed by atoms with E-state index in [1.54, 1.807) is 0 Å². The van der Waals surface area contributed by atoms with Crippen LogP contribution in [0.25, 0.3) is 33.4 Å². The quantitative estimate of drug-likeness (QED) is 0.185. The summed E-state index contributed by atoms with van der Waals surface area (Å²) in [6.45, 7) is 2.14. The van der Waals surface area contributed by atoms with Crippen molar-refractivity contribution >= 4 is 17.1 Å². The Labute approximate surface area is 262 Å². The van der Waals surface area contributed by atoms with E-state index in [-0.39, 0.29) is 0 Å². The maximum absolute atomic E-state index is 2.36. The Kier molecular flexibility index (Phi) is 8.11. The molecule has 216 valence electrons. The van der Waals surface area contributed by atoms with Gasteiger partial charge in [-0.1, -0.05) is 140 Å². The first-order valence-electron chi connectivity index (χ1n) is 16.1. The third-order valence-electron chi connectivity index (χ3n) is 9.18. The highest BCUT2D eigenvalue weighted by Crippen LogP contribution is 2.41. The third kappa shape index (κ3) is 5.83. The van der Waals surface area contributed by atoms with Crippen molar-refractivity contribution < 1.29 is 0 Å². The van der Waals surface area contributed by atoms with Crippen molar-refractivity contribution in [2.24, 2.45) is 0 Å². The van der Waals surface area contributed by atoms with E-state index in [0.717, 1.165) is 17.1 Å². The number of aryl methyl sites for hydroxylation is 1. The first-order chi connectivity index (χ1) is 21.7. The molecule has 7 rings (SSSR count). The molecule has 0 radical (unpaired) electrons. The first kappa shape index (κ1) is 27.9. The first-order valence-corrected chi connectivity index (χ1v) is 16.1. The van der Waals surface area contributed by atoms with Crippen LogP contribution in [-0.2, 0) is 0 Å². The monoisotopic (exact) mass is 569 g/mol. The highest BCUT2D eigenvalue weighted by molar-refractivity contribution is 5.85. The molecule has 6 aromatic carbocycles. The number of hydrogen-bond donors (Lipinski definition) is 0. The van der Waals surface area contributed by atoms with E-state index in [1.807, 2.05) is 0 Å². The molecule has 1 fully saturated rings. The molecular weight excluding hydrogens is 530 g/mol. The molecular formula is C43H39N. The number of benzene rings is 6. The van der Waals surface area contributed by atoms with Crippen LogP contribution in [0.5, 0.6) is 0 Å². The van der Waals surface area contributed by atoms with E-state index < -0.39 is 0 Å². The van der Waals surface area contributed by atoms with E-state index in [4.69, 9.17) is 0 Å². The summed E-state index contributed by atoms with van der Waals surface area (Å²) in [7, 11) is 0. The van der Waals surface area contributed by atoms with Crippen LogP contribution in [0.1, 0.15) is 49.1 Å². The van der Waals surface area contributed by atoms with E-state index in [2.05, 4.69) is 163 Å². The second-order valence-corrected chi connectivity index (χ2v) is 12.1. The Morgan fingerprint density at radius 3 is 1.41 bits per heavy atom. The zero-order chi connectivity index (χ0) is 29.7. The number of hydrogen-bond acceptors (Lipinski definition) is 1. The normalized spacial score (nSPS) is 13.5. The van der Waals surface area contributed by atoms with Crippen molar-refractivity contribution in [2.75, 3.05) is 4.90 Å². The predicted molar refractivity (Wildman–Crippen MR) is 188 cm³/mol. The molecule has 0 N–H and O–H groups in total. The smallest absolute Gasteiger partial charge is 0.0462 e. The van der Waals surface area contributed by atoms with Crippen molar-refractivity contribution in [3.63, 3.8) is 0 Å². The molecule has 0 heterocycles. The van der Waals surface area contributed by atoms with Crippen molar-refractivity contribution in [2.45, 2.75) is 44.9 Å². The summed E-state index contributed by atoms with van der Waals surface area (Å²) in [6, 6.07) is 55.4. The highest BCUT2D eigenvalue weighted by Gasteiger charge is 2.19. The van der Waals surface area contributed by atoms with Gasteiger partial charge in [-0.3, -0.25) is 0 Å². The van der Waals surface area contributed by atoms with Gasteiger partial charge in [0.1, 0.15) is 0 Å². The molecule has 1 heteroatoms. The minimum absolute atomic E-state index is 0.675. The molecule has 1 nitrogen and oxygen atoms in total. The summed E-state index contributed by atoms with van der Waals surface area (Å²) in [5.41, 5.74) is 13.9. The molecule has 6 aromatic rings. The van der Waals surface area contributed by atoms with Crippen molar-refractivity contribution in [3.05, 3.63) is 163 Å². The fraction of sp³-hybridized carbons (Fsp3) is 0.163. The van der Waals surface area contributed by atoms with Crippen LogP contribution in [0, 0.1) is 6.92 Å². The van der Waals surface area contributed by atoms with E-state index in [9.17, 15) is 0 Å². The van der Waals surface area contributed by atoms with Gasteiger partial charge in [0, 0.05) is 17.1 Å². The molecule has 0 aromatic heterocycles. The second-order valence-electron chi connectivity index (χ2n) is 12.1. The molecule has 0 aliphatic heterocycles. The van der Waals surface area contributed by atoms with Gasteiger partial charge in [-0.2, -0.15) is 0 Å². The van der Waals surface area contributed by atoms with Crippen LogP contribution in [0.2, 0.25) is 0 Å². The summed E-state index contributed by atoms with van der Waals surface area (Å²) in [4.78, 5) is 2.36. The Balaban J connectivity index is 1.24. The molecule has 1 aliphatic carbocycles. The lowest BCUT2D eigenvalue weighted by Gasteiger charge is -2.27. The summed E-state index contributed by atoms with van der Waals surface area (Å²) in [5.74, 6) is 0.675. The van der Waals surface area contributed by atoms with Crippen LogP contribution < -0.4 is 4.90 Å². The molecule has 44 heavy (non-hydrogen) atoms. The largest absolute Gasteiger partial charge is 0.311 e. The van der Waals surface area contributed by atoms with E-state index in [0.29, 0.717) is 5.92 Å². The Morgan fingerprint density at radius 2 is 0.841 bits per heavy atom. The Morgan fingerprint density at radius 1 is 0.409 bits per heavy atom. The molecule has 0 bridgehead atoms. The Hall–Kier alpha value is -4.88. The topological polar surface area (TPSA) is 3.24 Å². The zero-order valence-corrected chi connectivity index (χ0v) is 25.5. The Bertz CT molecular complexity index is 1810. The lowest BCUT2D eigenvalue weighted by atomic mass is 9.81. The second kappa shape index (κ2) is 12.8. The lowest BCUT2D eigenvalue weighted by molar-refractivity contribution is 0.444. The fourth-order valence-corrected chi connectivity index (χ4v) is 6.85. The number of nitrogens with zero attached hydrogens (tertiary/aromatic N) is 1. The predicted octanol–water partition coefficient (Wildman–Crippen LogP) is 12.5. The van der Waals surface area contributed by atoms with Gasteiger partial charge < -0.3 is 4.90 Å². The lowest BCUT2D eigenvalue weighted by Crippen LogP contribution is -2.10. The number of rotatable bonds is 7. The van der Waals surface area contributed by atoms with Gasteiger partial charge in [-0.25, -0.2) is 0 Å². The highest BCUT2D eigenvalue weighted by atomic mass is 15.1. The summed E-state index contributed by atoms with van der Waals surface area (Å²) in [6.07, 6.45) is 6.69. The summed E-state index contributed by atoms with van der Waals surface area (Å²) >= 11 is 0. The van der Waals surface area contributed by atoms with Crippen molar-refractivity contribution in [1.29, 1.82) is 0 Å². The fourth-order valence-electron chi connectivity index (χ4n) is 6.85. The maximum atomic E-state index is 2.36. The van der Waals surface area contributed by atoms with Crippen LogP contribution >= 0.6 is 0 Å². The average molecular weight is 570 g/mol. The summed E-state index contributed by atoms with van der Waals surface area (Å²) < 4.78 is 0. The molecule has 0 saturated heterocycles. The van der Waals surface area contributed by atoms with Gasteiger partial charge in [0.05, 0.1) is 0 Å². The van der Waals surface area contributed by atoms with Crippen LogP contribution in [0.3, 0.4) is 0 Å².